The van der Waals surface area contributed by atoms with E-state index in [1.807, 2.05) is 0 Å². The zero-order chi connectivity index (χ0) is 27.5. The van der Waals surface area contributed by atoms with Gasteiger partial charge < -0.3 is 19.9 Å². The fraction of sp³-hybridized carbons (Fsp3) is 0.333. The number of alkyl halides is 6. The number of carboxylic acids is 1. The normalized spacial score (nSPS) is 14.0. The molecule has 0 aliphatic heterocycles. The number of aliphatic hydroxyl groups is 2. The van der Waals surface area contributed by atoms with Gasteiger partial charge in [0.15, 0.2) is 0 Å². The molecule has 1 heterocycles. The first kappa shape index (κ1) is 28.1. The van der Waals surface area contributed by atoms with Crippen molar-refractivity contribution < 1.29 is 50.8 Å². The lowest BCUT2D eigenvalue weighted by Crippen LogP contribution is -2.23. The van der Waals surface area contributed by atoms with Crippen molar-refractivity contribution in [3.05, 3.63) is 65.7 Å². The highest BCUT2D eigenvalue weighted by molar-refractivity contribution is 5.79. The number of carbonyl (C=O) groups is 1. The summed E-state index contributed by atoms with van der Waals surface area (Å²) in [5.74, 6) is -3.40. The molecule has 13 heteroatoms. The number of imidazole rings is 1. The van der Waals surface area contributed by atoms with Crippen LogP contribution in [0.4, 0.5) is 30.7 Å². The highest BCUT2D eigenvalue weighted by atomic mass is 19.4. The Morgan fingerprint density at radius 3 is 1.95 bits per heavy atom. The fourth-order valence-corrected chi connectivity index (χ4v) is 3.80. The summed E-state index contributed by atoms with van der Waals surface area (Å²) in [5, 5.41) is 28.6. The van der Waals surface area contributed by atoms with Crippen molar-refractivity contribution >= 4 is 5.97 Å². The number of aromatic nitrogens is 2. The predicted molar refractivity (Wildman–Crippen MR) is 117 cm³/mol. The summed E-state index contributed by atoms with van der Waals surface area (Å²) in [4.78, 5) is 14.4. The molecule has 3 rings (SSSR count). The monoisotopic (exact) mass is 534 g/mol. The number of aliphatic carboxylic acids is 1. The van der Waals surface area contributed by atoms with Crippen molar-refractivity contribution in [2.75, 3.05) is 0 Å². The van der Waals surface area contributed by atoms with E-state index in [2.05, 4.69) is 4.98 Å². The van der Waals surface area contributed by atoms with Crippen molar-refractivity contribution in [3.8, 4) is 22.5 Å². The third kappa shape index (κ3) is 7.07. The van der Waals surface area contributed by atoms with Crippen LogP contribution in [-0.2, 0) is 23.7 Å². The number of rotatable bonds is 9. The summed E-state index contributed by atoms with van der Waals surface area (Å²) in [6.07, 6.45) is -13.9. The molecule has 0 aliphatic carbocycles. The molecular formula is C24H21F7N2O4. The predicted octanol–water partition coefficient (Wildman–Crippen LogP) is 5.37. The molecule has 0 amide bonds. The summed E-state index contributed by atoms with van der Waals surface area (Å²) in [5.41, 5.74) is -1.48. The van der Waals surface area contributed by atoms with Crippen molar-refractivity contribution in [1.82, 2.24) is 9.55 Å². The van der Waals surface area contributed by atoms with E-state index in [-0.39, 0.29) is 28.9 Å². The fourth-order valence-electron chi connectivity index (χ4n) is 3.80. The minimum Gasteiger partial charge on any atom is -0.481 e. The van der Waals surface area contributed by atoms with E-state index in [4.69, 9.17) is 5.11 Å². The summed E-state index contributed by atoms with van der Waals surface area (Å²) in [6, 6.07) is 7.70. The van der Waals surface area contributed by atoms with Crippen LogP contribution in [0.1, 0.15) is 30.7 Å². The van der Waals surface area contributed by atoms with Gasteiger partial charge in [-0.05, 0) is 49.2 Å². The second-order valence-electron chi connectivity index (χ2n) is 8.29. The van der Waals surface area contributed by atoms with Crippen molar-refractivity contribution in [3.63, 3.8) is 0 Å². The van der Waals surface area contributed by atoms with Crippen LogP contribution in [0, 0.1) is 5.82 Å². The minimum absolute atomic E-state index is 0.0611. The Hall–Kier alpha value is -3.45. The van der Waals surface area contributed by atoms with E-state index in [0.717, 1.165) is 24.3 Å². The Labute approximate surface area is 205 Å². The molecule has 0 radical (unpaired) electrons. The number of hydrogen-bond donors (Lipinski definition) is 3. The van der Waals surface area contributed by atoms with Gasteiger partial charge in [0.1, 0.15) is 5.82 Å². The molecule has 2 aromatic carbocycles. The summed E-state index contributed by atoms with van der Waals surface area (Å²) < 4.78 is 95.1. The lowest BCUT2D eigenvalue weighted by atomic mass is 10.0. The molecule has 0 saturated heterocycles. The number of carboxylic acid groups (broad SMARTS) is 1. The van der Waals surface area contributed by atoms with Crippen molar-refractivity contribution in [1.29, 1.82) is 0 Å². The van der Waals surface area contributed by atoms with Crippen LogP contribution in [0.15, 0.2) is 48.5 Å². The van der Waals surface area contributed by atoms with Gasteiger partial charge in [0.05, 0.1) is 35.6 Å². The number of halogens is 7. The summed E-state index contributed by atoms with van der Waals surface area (Å²) in [7, 11) is 0. The zero-order valence-electron chi connectivity index (χ0n) is 18.9. The third-order valence-corrected chi connectivity index (χ3v) is 5.46. The van der Waals surface area contributed by atoms with Gasteiger partial charge in [-0.25, -0.2) is 9.37 Å². The largest absolute Gasteiger partial charge is 0.481 e. The van der Waals surface area contributed by atoms with Gasteiger partial charge in [-0.15, -0.1) is 0 Å². The number of nitrogens with zero attached hydrogens (tertiary/aromatic N) is 2. The van der Waals surface area contributed by atoms with E-state index in [1.165, 1.54) is 12.1 Å². The summed E-state index contributed by atoms with van der Waals surface area (Å²) >= 11 is 0. The second-order valence-corrected chi connectivity index (χ2v) is 8.29. The highest BCUT2D eigenvalue weighted by Gasteiger charge is 2.39. The molecule has 2 atom stereocenters. The van der Waals surface area contributed by atoms with Crippen LogP contribution >= 0.6 is 0 Å². The molecule has 200 valence electrons. The lowest BCUT2D eigenvalue weighted by Gasteiger charge is -2.18. The third-order valence-electron chi connectivity index (χ3n) is 5.46. The molecule has 3 N–H and O–H groups in total. The quantitative estimate of drug-likeness (QED) is 0.321. The van der Waals surface area contributed by atoms with Crippen LogP contribution in [0.25, 0.3) is 22.5 Å². The first-order chi connectivity index (χ1) is 17.2. The second kappa shape index (κ2) is 10.9. The molecule has 1 aromatic heterocycles. The van der Waals surface area contributed by atoms with Crippen LogP contribution in [0.5, 0.6) is 0 Å². The van der Waals surface area contributed by atoms with E-state index in [1.54, 1.807) is 0 Å². The number of aliphatic hydroxyl groups excluding tert-OH is 2. The van der Waals surface area contributed by atoms with Crippen LogP contribution in [0.2, 0.25) is 0 Å². The smallest absolute Gasteiger partial charge is 0.449 e. The highest BCUT2D eigenvalue weighted by Crippen LogP contribution is 2.40. The summed E-state index contributed by atoms with van der Waals surface area (Å²) in [6.45, 7) is -0.504. The molecule has 0 bridgehead atoms. The Bertz CT molecular complexity index is 1220. The molecule has 0 aliphatic rings. The van der Waals surface area contributed by atoms with Gasteiger partial charge >= 0.3 is 18.3 Å². The van der Waals surface area contributed by atoms with Crippen molar-refractivity contribution in [2.24, 2.45) is 0 Å². The van der Waals surface area contributed by atoms with Gasteiger partial charge in [0.2, 0.25) is 5.82 Å². The lowest BCUT2D eigenvalue weighted by molar-refractivity contribution is -0.147. The maximum absolute atomic E-state index is 14.0. The number of benzene rings is 2. The van der Waals surface area contributed by atoms with E-state index < -0.39 is 67.1 Å². The Kier molecular flexibility index (Phi) is 8.28. The maximum Gasteiger partial charge on any atom is 0.449 e. The van der Waals surface area contributed by atoms with Crippen LogP contribution in [-0.4, -0.2) is 43.0 Å². The Morgan fingerprint density at radius 2 is 1.43 bits per heavy atom. The van der Waals surface area contributed by atoms with E-state index >= 15 is 0 Å². The minimum atomic E-state index is -5.01. The molecule has 3 aromatic rings. The first-order valence-corrected chi connectivity index (χ1v) is 10.9. The molecule has 0 spiro atoms. The number of hydrogen-bond acceptors (Lipinski definition) is 4. The Morgan fingerprint density at radius 1 is 0.865 bits per heavy atom. The SMILES string of the molecule is O=C(O)C[C@H](O)C[C@H](O)CCn1c(C(F)(F)F)nc(-c2ccc(C(F)(F)F)cc2)c1-c1ccc(F)cc1. The standard InChI is InChI=1S/C24H21F7N2O4/c25-16-7-3-14(4-8-16)21-20(13-1-5-15(6-2-13)23(26,27)28)32-22(24(29,30)31)33(21)10-9-17(34)11-18(35)12-19(36)37/h1-8,17-18,34-35H,9-12H2,(H,36,37)/t17-,18-/m1/s1. The van der Waals surface area contributed by atoms with E-state index in [0.29, 0.717) is 16.7 Å². The average molecular weight is 534 g/mol. The topological polar surface area (TPSA) is 95.6 Å². The molecule has 0 unspecified atom stereocenters. The average Bonchev–Trinajstić information content (AvgIpc) is 3.17. The molecule has 37 heavy (non-hydrogen) atoms. The molecular weight excluding hydrogens is 513 g/mol. The van der Waals surface area contributed by atoms with Gasteiger partial charge in [0.25, 0.3) is 0 Å². The molecule has 0 fully saturated rings. The van der Waals surface area contributed by atoms with Crippen LogP contribution < -0.4 is 0 Å². The Balaban J connectivity index is 2.09. The van der Waals surface area contributed by atoms with Gasteiger partial charge in [-0.3, -0.25) is 4.79 Å². The van der Waals surface area contributed by atoms with Gasteiger partial charge in [0, 0.05) is 17.7 Å². The van der Waals surface area contributed by atoms with Gasteiger partial charge in [-0.2, -0.15) is 26.3 Å². The van der Waals surface area contributed by atoms with Crippen molar-refractivity contribution in [2.45, 2.75) is 50.4 Å². The molecule has 6 nitrogen and oxygen atoms in total. The first-order valence-electron chi connectivity index (χ1n) is 10.9. The van der Waals surface area contributed by atoms with Crippen LogP contribution in [0.3, 0.4) is 0 Å². The van der Waals surface area contributed by atoms with Gasteiger partial charge in [-0.1, -0.05) is 12.1 Å². The van der Waals surface area contributed by atoms with E-state index in [9.17, 15) is 45.7 Å². The maximum atomic E-state index is 14.0. The molecule has 0 saturated carbocycles. The zero-order valence-corrected chi connectivity index (χ0v) is 18.9.